The largest absolute Gasteiger partial charge is 0.308 e. The van der Waals surface area contributed by atoms with Crippen LogP contribution < -0.4 is 5.32 Å². The highest BCUT2D eigenvalue weighted by Gasteiger charge is 2.44. The predicted molar refractivity (Wildman–Crippen MR) is 79.1 cm³/mol. The SMILES string of the molecule is CNC1(c2nc(C)c(C)s2)CCCCC1C(C)C. The lowest BCUT2D eigenvalue weighted by Gasteiger charge is -2.45. The summed E-state index contributed by atoms with van der Waals surface area (Å²) in [6.07, 6.45) is 5.26. The van der Waals surface area contributed by atoms with E-state index >= 15 is 0 Å². The Morgan fingerprint density at radius 2 is 2.06 bits per heavy atom. The van der Waals surface area contributed by atoms with Crippen LogP contribution in [0.2, 0.25) is 0 Å². The fraction of sp³-hybridized carbons (Fsp3) is 0.800. The van der Waals surface area contributed by atoms with E-state index in [-0.39, 0.29) is 5.54 Å². The van der Waals surface area contributed by atoms with Gasteiger partial charge in [-0.1, -0.05) is 26.7 Å². The number of hydrogen-bond acceptors (Lipinski definition) is 3. The lowest BCUT2D eigenvalue weighted by Crippen LogP contribution is -2.50. The van der Waals surface area contributed by atoms with E-state index in [1.54, 1.807) is 0 Å². The maximum Gasteiger partial charge on any atom is 0.114 e. The van der Waals surface area contributed by atoms with Crippen LogP contribution in [0.25, 0.3) is 0 Å². The Kier molecular flexibility index (Phi) is 4.12. The molecule has 2 nitrogen and oxygen atoms in total. The first-order valence-corrected chi connectivity index (χ1v) is 7.96. The number of aromatic nitrogens is 1. The summed E-state index contributed by atoms with van der Waals surface area (Å²) in [6, 6.07) is 0. The maximum absolute atomic E-state index is 4.87. The van der Waals surface area contributed by atoms with Crippen molar-refractivity contribution >= 4 is 11.3 Å². The van der Waals surface area contributed by atoms with Gasteiger partial charge in [-0.3, -0.25) is 0 Å². The van der Waals surface area contributed by atoms with Gasteiger partial charge in [-0.25, -0.2) is 4.98 Å². The molecule has 2 rings (SSSR count). The zero-order valence-corrected chi connectivity index (χ0v) is 13.2. The van der Waals surface area contributed by atoms with Gasteiger partial charge in [0.25, 0.3) is 0 Å². The van der Waals surface area contributed by atoms with Crippen molar-refractivity contribution < 1.29 is 0 Å². The fourth-order valence-electron chi connectivity index (χ4n) is 3.45. The van der Waals surface area contributed by atoms with E-state index in [0.29, 0.717) is 11.8 Å². The van der Waals surface area contributed by atoms with E-state index in [9.17, 15) is 0 Å². The summed E-state index contributed by atoms with van der Waals surface area (Å²) in [5.41, 5.74) is 1.33. The van der Waals surface area contributed by atoms with E-state index in [4.69, 9.17) is 4.98 Å². The first kappa shape index (κ1) is 14.0. The minimum absolute atomic E-state index is 0.121. The predicted octanol–water partition coefficient (Wildman–Crippen LogP) is 4.02. The second kappa shape index (κ2) is 5.30. The Morgan fingerprint density at radius 3 is 2.56 bits per heavy atom. The van der Waals surface area contributed by atoms with Crippen molar-refractivity contribution in [3.05, 3.63) is 15.6 Å². The molecule has 0 amide bonds. The average molecular weight is 266 g/mol. The zero-order chi connectivity index (χ0) is 13.3. The molecule has 1 aliphatic carbocycles. The van der Waals surface area contributed by atoms with Crippen molar-refractivity contribution in [2.24, 2.45) is 11.8 Å². The summed E-state index contributed by atoms with van der Waals surface area (Å²) >= 11 is 1.89. The van der Waals surface area contributed by atoms with Crippen molar-refractivity contribution in [1.82, 2.24) is 10.3 Å². The standard InChI is InChI=1S/C15H26N2S/c1-10(2)13-8-6-7-9-15(13,16-5)14-17-11(3)12(4)18-14/h10,13,16H,6-9H2,1-5H3. The molecule has 1 aromatic heterocycles. The van der Waals surface area contributed by atoms with Crippen LogP contribution >= 0.6 is 11.3 Å². The molecule has 1 N–H and O–H groups in total. The van der Waals surface area contributed by atoms with Gasteiger partial charge in [-0.2, -0.15) is 0 Å². The number of hydrogen-bond donors (Lipinski definition) is 1. The number of aryl methyl sites for hydroxylation is 2. The molecular formula is C15H26N2S. The smallest absolute Gasteiger partial charge is 0.114 e. The lowest BCUT2D eigenvalue weighted by atomic mass is 9.68. The van der Waals surface area contributed by atoms with Crippen LogP contribution in [0, 0.1) is 25.7 Å². The van der Waals surface area contributed by atoms with Gasteiger partial charge in [0.2, 0.25) is 0 Å². The molecule has 1 fully saturated rings. The second-order valence-electron chi connectivity index (χ2n) is 5.98. The van der Waals surface area contributed by atoms with Gasteiger partial charge < -0.3 is 5.32 Å². The highest BCUT2D eigenvalue weighted by molar-refractivity contribution is 7.11. The molecule has 0 aliphatic heterocycles. The van der Waals surface area contributed by atoms with Crippen LogP contribution in [0.3, 0.4) is 0 Å². The molecule has 1 aliphatic rings. The lowest BCUT2D eigenvalue weighted by molar-refractivity contribution is 0.108. The third-order valence-electron chi connectivity index (χ3n) is 4.63. The van der Waals surface area contributed by atoms with E-state index in [1.807, 2.05) is 11.3 Å². The van der Waals surface area contributed by atoms with E-state index < -0.39 is 0 Å². The number of nitrogens with one attached hydrogen (secondary N) is 1. The summed E-state index contributed by atoms with van der Waals surface area (Å²) in [4.78, 5) is 6.23. The molecule has 0 saturated heterocycles. The first-order chi connectivity index (χ1) is 8.51. The Hall–Kier alpha value is -0.410. The van der Waals surface area contributed by atoms with Gasteiger partial charge in [0.05, 0.1) is 11.2 Å². The quantitative estimate of drug-likeness (QED) is 0.893. The summed E-state index contributed by atoms with van der Waals surface area (Å²) in [5.74, 6) is 1.42. The molecule has 0 bridgehead atoms. The molecule has 18 heavy (non-hydrogen) atoms. The summed E-state index contributed by atoms with van der Waals surface area (Å²) in [5, 5.41) is 4.97. The minimum atomic E-state index is 0.121. The maximum atomic E-state index is 4.87. The third-order valence-corrected chi connectivity index (χ3v) is 5.88. The van der Waals surface area contributed by atoms with Crippen LogP contribution in [0.15, 0.2) is 0 Å². The van der Waals surface area contributed by atoms with Crippen molar-refractivity contribution in [3.63, 3.8) is 0 Å². The van der Waals surface area contributed by atoms with Crippen molar-refractivity contribution in [2.45, 2.75) is 58.9 Å². The van der Waals surface area contributed by atoms with E-state index in [1.165, 1.54) is 41.3 Å². The average Bonchev–Trinajstić information content (AvgIpc) is 2.69. The van der Waals surface area contributed by atoms with Crippen LogP contribution in [0.4, 0.5) is 0 Å². The molecule has 1 saturated carbocycles. The molecule has 1 aromatic rings. The molecule has 102 valence electrons. The monoisotopic (exact) mass is 266 g/mol. The van der Waals surface area contributed by atoms with Crippen molar-refractivity contribution in [3.8, 4) is 0 Å². The molecule has 0 spiro atoms. The van der Waals surface area contributed by atoms with Crippen LogP contribution in [0.1, 0.15) is 55.1 Å². The number of thiazole rings is 1. The highest BCUT2D eigenvalue weighted by atomic mass is 32.1. The van der Waals surface area contributed by atoms with Gasteiger partial charge >= 0.3 is 0 Å². The Labute approximate surface area is 115 Å². The summed E-state index contributed by atoms with van der Waals surface area (Å²) in [7, 11) is 2.12. The van der Waals surface area contributed by atoms with Crippen molar-refractivity contribution in [2.75, 3.05) is 7.05 Å². The fourth-order valence-corrected chi connectivity index (χ4v) is 4.65. The topological polar surface area (TPSA) is 24.9 Å². The third kappa shape index (κ3) is 2.23. The highest BCUT2D eigenvalue weighted by Crippen LogP contribution is 2.46. The van der Waals surface area contributed by atoms with E-state index in [0.717, 1.165) is 0 Å². The molecule has 1 heterocycles. The minimum Gasteiger partial charge on any atom is -0.308 e. The van der Waals surface area contributed by atoms with Crippen molar-refractivity contribution in [1.29, 1.82) is 0 Å². The molecule has 2 atom stereocenters. The summed E-state index contributed by atoms with van der Waals surface area (Å²) in [6.45, 7) is 9.03. The number of rotatable bonds is 3. The molecule has 0 radical (unpaired) electrons. The second-order valence-corrected chi connectivity index (χ2v) is 7.18. The first-order valence-electron chi connectivity index (χ1n) is 7.14. The molecule has 0 aromatic carbocycles. The number of nitrogens with zero attached hydrogens (tertiary/aromatic N) is 1. The normalized spacial score (nSPS) is 28.9. The van der Waals surface area contributed by atoms with E-state index in [2.05, 4.69) is 40.1 Å². The van der Waals surface area contributed by atoms with Crippen LogP contribution in [-0.4, -0.2) is 12.0 Å². The molecular weight excluding hydrogens is 240 g/mol. The van der Waals surface area contributed by atoms with Gasteiger partial charge in [-0.15, -0.1) is 11.3 Å². The molecule has 2 unspecified atom stereocenters. The Bertz CT molecular complexity index is 391. The van der Waals surface area contributed by atoms with Gasteiger partial charge in [0.15, 0.2) is 0 Å². The van der Waals surface area contributed by atoms with Crippen LogP contribution in [0.5, 0.6) is 0 Å². The molecule has 3 heteroatoms. The zero-order valence-electron chi connectivity index (χ0n) is 12.3. The van der Waals surface area contributed by atoms with Gasteiger partial charge in [0.1, 0.15) is 5.01 Å². The van der Waals surface area contributed by atoms with Gasteiger partial charge in [0, 0.05) is 4.88 Å². The Morgan fingerprint density at radius 1 is 1.33 bits per heavy atom. The van der Waals surface area contributed by atoms with Gasteiger partial charge in [-0.05, 0) is 45.6 Å². The van der Waals surface area contributed by atoms with Crippen LogP contribution in [-0.2, 0) is 5.54 Å². The summed E-state index contributed by atoms with van der Waals surface area (Å²) < 4.78 is 0. The Balaban J connectivity index is 2.43.